The molecule has 0 radical (unpaired) electrons. The normalized spacial score (nSPS) is 16.7. The monoisotopic (exact) mass is 573 g/mol. The van der Waals surface area contributed by atoms with Crippen molar-refractivity contribution >= 4 is 57.3 Å². The Labute approximate surface area is 194 Å². The Bertz CT molecular complexity index is 1010. The molecule has 4 rings (SSSR count). The molecule has 0 aliphatic carbocycles. The highest BCUT2D eigenvalue weighted by Crippen LogP contribution is 2.20. The van der Waals surface area contributed by atoms with Crippen molar-refractivity contribution in [3.8, 4) is 0 Å². The minimum atomic E-state index is -0.288. The fourth-order valence-electron chi connectivity index (χ4n) is 3.35. The maximum atomic E-state index is 13.9. The van der Waals surface area contributed by atoms with E-state index in [1.54, 1.807) is 19.3 Å². The van der Waals surface area contributed by atoms with Crippen LogP contribution < -0.4 is 15.5 Å². The second-order valence-electron chi connectivity index (χ2n) is 6.66. The first kappa shape index (κ1) is 21.8. The molecule has 154 valence electrons. The van der Waals surface area contributed by atoms with Gasteiger partial charge < -0.3 is 19.9 Å². The fourth-order valence-corrected chi connectivity index (χ4v) is 3.70. The van der Waals surface area contributed by atoms with Crippen LogP contribution in [0, 0.1) is 5.82 Å². The number of nitrogens with zero attached hydrogens (tertiary/aromatic N) is 5. The standard InChI is InChI=1S/C19H21BrFN7.HI/c1-22-19(24-9-15-12-28-10-13(20)4-5-17(28)25-15)26-14-6-8-27(11-14)18-16(21)3-2-7-23-18;/h2-5,7,10,12,14H,6,8-9,11H2,1H3,(H2,22,24,26);1H. The maximum Gasteiger partial charge on any atom is 0.191 e. The van der Waals surface area contributed by atoms with Gasteiger partial charge in [-0.25, -0.2) is 14.4 Å². The van der Waals surface area contributed by atoms with Gasteiger partial charge in [-0.15, -0.1) is 24.0 Å². The fraction of sp³-hybridized carbons (Fsp3) is 0.316. The maximum absolute atomic E-state index is 13.9. The van der Waals surface area contributed by atoms with Crippen molar-refractivity contribution in [2.45, 2.75) is 19.0 Å². The number of pyridine rings is 2. The number of guanidine groups is 1. The van der Waals surface area contributed by atoms with Crippen molar-refractivity contribution in [2.24, 2.45) is 4.99 Å². The second kappa shape index (κ2) is 9.70. The number of fused-ring (bicyclic) bond motifs is 1. The van der Waals surface area contributed by atoms with Crippen LogP contribution in [0.2, 0.25) is 0 Å². The zero-order valence-electron chi connectivity index (χ0n) is 15.8. The Hall–Kier alpha value is -1.95. The summed E-state index contributed by atoms with van der Waals surface area (Å²) in [6.07, 6.45) is 6.47. The lowest BCUT2D eigenvalue weighted by Crippen LogP contribution is -2.44. The molecule has 10 heteroatoms. The van der Waals surface area contributed by atoms with E-state index in [0.29, 0.717) is 24.9 Å². The van der Waals surface area contributed by atoms with E-state index < -0.39 is 0 Å². The summed E-state index contributed by atoms with van der Waals surface area (Å²) in [4.78, 5) is 15.0. The highest BCUT2D eigenvalue weighted by atomic mass is 127. The third-order valence-corrected chi connectivity index (χ3v) is 5.16. The number of aliphatic imine (C=N–C) groups is 1. The van der Waals surface area contributed by atoms with E-state index in [1.807, 2.05) is 33.8 Å². The Morgan fingerprint density at radius 1 is 1.34 bits per heavy atom. The van der Waals surface area contributed by atoms with Crippen LogP contribution in [0.4, 0.5) is 10.2 Å². The van der Waals surface area contributed by atoms with Gasteiger partial charge in [0, 0.05) is 49.2 Å². The molecule has 1 saturated heterocycles. The van der Waals surface area contributed by atoms with Crippen molar-refractivity contribution in [2.75, 3.05) is 25.0 Å². The van der Waals surface area contributed by atoms with E-state index in [-0.39, 0.29) is 35.8 Å². The third-order valence-electron chi connectivity index (χ3n) is 4.69. The summed E-state index contributed by atoms with van der Waals surface area (Å²) in [5.41, 5.74) is 1.82. The number of hydrogen-bond acceptors (Lipinski definition) is 4. The largest absolute Gasteiger partial charge is 0.352 e. The van der Waals surface area contributed by atoms with Crippen molar-refractivity contribution in [3.05, 3.63) is 58.8 Å². The van der Waals surface area contributed by atoms with Crippen LogP contribution >= 0.6 is 39.9 Å². The number of halogens is 3. The van der Waals surface area contributed by atoms with Crippen LogP contribution in [-0.2, 0) is 6.54 Å². The summed E-state index contributed by atoms with van der Waals surface area (Å²) < 4.78 is 16.9. The smallest absolute Gasteiger partial charge is 0.191 e. The number of imidazole rings is 1. The first-order valence-electron chi connectivity index (χ1n) is 9.08. The quantitative estimate of drug-likeness (QED) is 0.285. The minimum absolute atomic E-state index is 0. The number of rotatable bonds is 4. The van der Waals surface area contributed by atoms with Gasteiger partial charge in [0.25, 0.3) is 0 Å². The van der Waals surface area contributed by atoms with E-state index in [9.17, 15) is 4.39 Å². The Kier molecular flexibility index (Phi) is 7.28. The van der Waals surface area contributed by atoms with E-state index in [4.69, 9.17) is 0 Å². The molecule has 0 spiro atoms. The lowest BCUT2D eigenvalue weighted by Gasteiger charge is -2.19. The molecule has 2 N–H and O–H groups in total. The van der Waals surface area contributed by atoms with Gasteiger partial charge in [0.05, 0.1) is 12.2 Å². The summed E-state index contributed by atoms with van der Waals surface area (Å²) >= 11 is 3.46. The van der Waals surface area contributed by atoms with Gasteiger partial charge in [0.15, 0.2) is 17.6 Å². The minimum Gasteiger partial charge on any atom is -0.352 e. The summed E-state index contributed by atoms with van der Waals surface area (Å²) in [6.45, 7) is 1.99. The molecule has 0 bridgehead atoms. The van der Waals surface area contributed by atoms with Gasteiger partial charge in [-0.3, -0.25) is 4.99 Å². The van der Waals surface area contributed by atoms with Crippen LogP contribution in [0.3, 0.4) is 0 Å². The molecule has 0 saturated carbocycles. The molecule has 1 aliphatic rings. The SMILES string of the molecule is CN=C(NCc1cn2cc(Br)ccc2n1)NC1CCN(c2ncccc2F)C1.I. The van der Waals surface area contributed by atoms with Crippen LogP contribution in [-0.4, -0.2) is 46.5 Å². The molecule has 3 aromatic heterocycles. The van der Waals surface area contributed by atoms with E-state index >= 15 is 0 Å². The number of hydrogen-bond donors (Lipinski definition) is 2. The Morgan fingerprint density at radius 2 is 2.21 bits per heavy atom. The van der Waals surface area contributed by atoms with Crippen LogP contribution in [0.1, 0.15) is 12.1 Å². The Balaban J connectivity index is 0.00000240. The average molecular weight is 574 g/mol. The van der Waals surface area contributed by atoms with Crippen LogP contribution in [0.25, 0.3) is 5.65 Å². The molecule has 1 aliphatic heterocycles. The Morgan fingerprint density at radius 3 is 3.00 bits per heavy atom. The lowest BCUT2D eigenvalue weighted by atomic mass is 10.3. The van der Waals surface area contributed by atoms with Gasteiger partial charge in [-0.2, -0.15) is 0 Å². The van der Waals surface area contributed by atoms with Crippen molar-refractivity contribution in [1.29, 1.82) is 0 Å². The third kappa shape index (κ3) is 5.16. The van der Waals surface area contributed by atoms with Gasteiger partial charge in [-0.05, 0) is 46.6 Å². The highest BCUT2D eigenvalue weighted by molar-refractivity contribution is 14.0. The van der Waals surface area contributed by atoms with Gasteiger partial charge in [0.1, 0.15) is 5.65 Å². The molecule has 7 nitrogen and oxygen atoms in total. The van der Waals surface area contributed by atoms with E-state index in [2.05, 4.69) is 41.5 Å². The summed E-state index contributed by atoms with van der Waals surface area (Å²) in [7, 11) is 1.74. The molecule has 4 heterocycles. The summed E-state index contributed by atoms with van der Waals surface area (Å²) in [5.74, 6) is 0.821. The van der Waals surface area contributed by atoms with Gasteiger partial charge in [0.2, 0.25) is 0 Å². The second-order valence-corrected chi connectivity index (χ2v) is 7.57. The molecule has 1 atom stereocenters. The first-order chi connectivity index (χ1) is 13.6. The topological polar surface area (TPSA) is 69.8 Å². The molecular weight excluding hydrogens is 552 g/mol. The number of nitrogens with one attached hydrogen (secondary N) is 2. The average Bonchev–Trinajstić information content (AvgIpc) is 3.31. The molecule has 3 aromatic rings. The van der Waals surface area contributed by atoms with Gasteiger partial charge >= 0.3 is 0 Å². The zero-order chi connectivity index (χ0) is 19.5. The number of aromatic nitrogens is 3. The molecule has 1 fully saturated rings. The van der Waals surface area contributed by atoms with E-state index in [0.717, 1.165) is 28.8 Å². The summed E-state index contributed by atoms with van der Waals surface area (Å²) in [6, 6.07) is 7.15. The predicted molar refractivity (Wildman–Crippen MR) is 126 cm³/mol. The van der Waals surface area contributed by atoms with Crippen molar-refractivity contribution < 1.29 is 4.39 Å². The molecule has 29 heavy (non-hydrogen) atoms. The summed E-state index contributed by atoms with van der Waals surface area (Å²) in [5, 5.41) is 6.70. The molecule has 0 aromatic carbocycles. The number of anilines is 1. The molecular formula is C19H22BrFIN7. The predicted octanol–water partition coefficient (Wildman–Crippen LogP) is 3.19. The molecule has 0 amide bonds. The molecule has 1 unspecified atom stereocenters. The van der Waals surface area contributed by atoms with Crippen molar-refractivity contribution in [3.63, 3.8) is 0 Å². The van der Waals surface area contributed by atoms with Crippen LogP contribution in [0.15, 0.2) is 52.3 Å². The van der Waals surface area contributed by atoms with Gasteiger partial charge in [-0.1, -0.05) is 0 Å². The van der Waals surface area contributed by atoms with E-state index in [1.165, 1.54) is 6.07 Å². The van der Waals surface area contributed by atoms with Crippen LogP contribution in [0.5, 0.6) is 0 Å². The first-order valence-corrected chi connectivity index (χ1v) is 9.87. The lowest BCUT2D eigenvalue weighted by molar-refractivity contribution is 0.612. The highest BCUT2D eigenvalue weighted by Gasteiger charge is 2.25. The van der Waals surface area contributed by atoms with Crippen molar-refractivity contribution in [1.82, 2.24) is 25.0 Å². The zero-order valence-corrected chi connectivity index (χ0v) is 19.8.